The Hall–Kier alpha value is -3.26. The van der Waals surface area contributed by atoms with E-state index >= 15 is 0 Å². The van der Waals surface area contributed by atoms with Gasteiger partial charge in [-0.3, -0.25) is 9.69 Å². The largest absolute Gasteiger partial charge is 0.479 e. The first kappa shape index (κ1) is 21.4. The molecule has 1 unspecified atom stereocenters. The molecule has 3 rings (SSSR count). The van der Waals surface area contributed by atoms with Crippen LogP contribution >= 0.6 is 11.3 Å². The number of carbonyl (C=O) groups excluding carboxylic acids is 2. The molecule has 0 N–H and O–H groups in total. The minimum Gasteiger partial charge on any atom is -0.479 e. The fourth-order valence-corrected chi connectivity index (χ4v) is 3.50. The minimum absolute atomic E-state index is 0.0834. The third kappa shape index (κ3) is 5.21. The smallest absolute Gasteiger partial charge is 0.347 e. The summed E-state index contributed by atoms with van der Waals surface area (Å²) in [7, 11) is 0. The number of halogens is 1. The molecule has 0 fully saturated rings. The fourth-order valence-electron chi connectivity index (χ4n) is 2.64. The van der Waals surface area contributed by atoms with Crippen LogP contribution in [0.1, 0.15) is 25.1 Å². The van der Waals surface area contributed by atoms with Crippen molar-refractivity contribution in [3.63, 3.8) is 0 Å². The summed E-state index contributed by atoms with van der Waals surface area (Å²) in [5.74, 6) is -0.873. The summed E-state index contributed by atoms with van der Waals surface area (Å²) in [4.78, 5) is 29.8. The number of esters is 1. The van der Waals surface area contributed by atoms with E-state index in [9.17, 15) is 14.0 Å². The monoisotopic (exact) mass is 428 g/mol. The first-order chi connectivity index (χ1) is 14.3. The lowest BCUT2D eigenvalue weighted by atomic mass is 10.2. The number of carbonyl (C=O) groups is 2. The SMILES string of the molecule is CC(=O)N(c1nc(COC(=O)C(C)Oc2ccc(C)cc2)cs1)c1ccccc1F. The highest BCUT2D eigenvalue weighted by Crippen LogP contribution is 2.30. The molecule has 0 aliphatic carbocycles. The molecule has 30 heavy (non-hydrogen) atoms. The van der Waals surface area contributed by atoms with E-state index in [2.05, 4.69) is 4.98 Å². The predicted molar refractivity (Wildman–Crippen MR) is 112 cm³/mol. The first-order valence-electron chi connectivity index (χ1n) is 9.24. The summed E-state index contributed by atoms with van der Waals surface area (Å²) in [6.07, 6.45) is -0.794. The predicted octanol–water partition coefficient (Wildman–Crippen LogP) is 4.79. The number of thiazole rings is 1. The van der Waals surface area contributed by atoms with Gasteiger partial charge in [-0.05, 0) is 38.1 Å². The zero-order valence-electron chi connectivity index (χ0n) is 16.8. The first-order valence-corrected chi connectivity index (χ1v) is 10.1. The molecule has 0 aliphatic heterocycles. The number of ether oxygens (including phenoxy) is 2. The van der Waals surface area contributed by atoms with Gasteiger partial charge in [0.25, 0.3) is 0 Å². The highest BCUT2D eigenvalue weighted by Gasteiger charge is 2.22. The van der Waals surface area contributed by atoms with Crippen LogP contribution in [0.2, 0.25) is 0 Å². The van der Waals surface area contributed by atoms with Crippen molar-refractivity contribution < 1.29 is 23.5 Å². The van der Waals surface area contributed by atoms with Gasteiger partial charge in [0.05, 0.1) is 11.4 Å². The number of aromatic nitrogens is 1. The number of benzene rings is 2. The van der Waals surface area contributed by atoms with Gasteiger partial charge in [0.15, 0.2) is 11.2 Å². The van der Waals surface area contributed by atoms with Gasteiger partial charge in [0.2, 0.25) is 5.91 Å². The zero-order valence-corrected chi connectivity index (χ0v) is 17.6. The van der Waals surface area contributed by atoms with E-state index in [-0.39, 0.29) is 18.2 Å². The average molecular weight is 428 g/mol. The van der Waals surface area contributed by atoms with Crippen molar-refractivity contribution in [1.82, 2.24) is 4.98 Å². The van der Waals surface area contributed by atoms with Crippen molar-refractivity contribution in [1.29, 1.82) is 0 Å². The number of para-hydroxylation sites is 1. The maximum Gasteiger partial charge on any atom is 0.347 e. The number of aryl methyl sites for hydroxylation is 1. The topological polar surface area (TPSA) is 68.7 Å². The van der Waals surface area contributed by atoms with Crippen LogP contribution < -0.4 is 9.64 Å². The van der Waals surface area contributed by atoms with Gasteiger partial charge < -0.3 is 9.47 Å². The van der Waals surface area contributed by atoms with Gasteiger partial charge in [-0.15, -0.1) is 11.3 Å². The summed E-state index contributed by atoms with van der Waals surface area (Å²) in [6, 6.07) is 13.3. The maximum atomic E-state index is 14.1. The minimum atomic E-state index is -0.794. The van der Waals surface area contributed by atoms with Crippen LogP contribution in [0, 0.1) is 12.7 Å². The second kappa shape index (κ2) is 9.49. The van der Waals surface area contributed by atoms with Crippen LogP contribution in [-0.2, 0) is 20.9 Å². The lowest BCUT2D eigenvalue weighted by molar-refractivity contribution is -0.152. The Morgan fingerprint density at radius 2 is 1.87 bits per heavy atom. The van der Waals surface area contributed by atoms with E-state index in [1.807, 2.05) is 19.1 Å². The standard InChI is InChI=1S/C22H21FN2O4S/c1-14-8-10-18(11-9-14)29-15(2)21(27)28-12-17-13-30-22(24-17)25(16(3)26)20-7-5-4-6-19(20)23/h4-11,13,15H,12H2,1-3H3. The van der Waals surface area contributed by atoms with E-state index in [1.165, 1.54) is 24.0 Å². The van der Waals surface area contributed by atoms with Crippen molar-refractivity contribution in [2.75, 3.05) is 4.90 Å². The number of nitrogens with zero attached hydrogens (tertiary/aromatic N) is 2. The Balaban J connectivity index is 1.63. The molecule has 6 nitrogen and oxygen atoms in total. The summed E-state index contributed by atoms with van der Waals surface area (Å²) in [6.45, 7) is 4.81. The number of anilines is 2. The van der Waals surface area contributed by atoms with Crippen LogP contribution in [-0.4, -0.2) is 23.0 Å². The molecular formula is C22H21FN2O4S. The fraction of sp³-hybridized carbons (Fsp3) is 0.227. The molecule has 8 heteroatoms. The summed E-state index contributed by atoms with van der Waals surface area (Å²) < 4.78 is 25.0. The molecule has 1 atom stereocenters. The molecule has 1 amide bonds. The van der Waals surface area contributed by atoms with E-state index in [4.69, 9.17) is 9.47 Å². The Bertz CT molecular complexity index is 1040. The van der Waals surface area contributed by atoms with Crippen molar-refractivity contribution in [3.8, 4) is 5.75 Å². The average Bonchev–Trinajstić information content (AvgIpc) is 3.17. The van der Waals surface area contributed by atoms with E-state index in [0.29, 0.717) is 16.6 Å². The Kier molecular flexibility index (Phi) is 6.79. The number of rotatable bonds is 7. The molecule has 2 aromatic carbocycles. The molecule has 0 spiro atoms. The molecule has 1 heterocycles. The highest BCUT2D eigenvalue weighted by atomic mass is 32.1. The van der Waals surface area contributed by atoms with E-state index < -0.39 is 17.9 Å². The van der Waals surface area contributed by atoms with Gasteiger partial charge in [0, 0.05) is 12.3 Å². The molecule has 156 valence electrons. The molecule has 0 radical (unpaired) electrons. The second-order valence-electron chi connectivity index (χ2n) is 6.61. The zero-order chi connectivity index (χ0) is 21.7. The van der Waals surface area contributed by atoms with Crippen molar-refractivity contribution >= 4 is 34.0 Å². The highest BCUT2D eigenvalue weighted by molar-refractivity contribution is 7.14. The summed E-state index contributed by atoms with van der Waals surface area (Å²) in [5.41, 5.74) is 1.66. The van der Waals surface area contributed by atoms with Gasteiger partial charge in [-0.2, -0.15) is 0 Å². The maximum absolute atomic E-state index is 14.1. The third-order valence-electron chi connectivity index (χ3n) is 4.17. The van der Waals surface area contributed by atoms with E-state index in [0.717, 1.165) is 16.9 Å². The summed E-state index contributed by atoms with van der Waals surface area (Å²) >= 11 is 1.16. The van der Waals surface area contributed by atoms with Crippen LogP contribution in [0.4, 0.5) is 15.2 Å². The second-order valence-corrected chi connectivity index (χ2v) is 7.44. The quantitative estimate of drug-likeness (QED) is 0.506. The van der Waals surface area contributed by atoms with Gasteiger partial charge in [-0.1, -0.05) is 29.8 Å². The molecule has 0 saturated carbocycles. The lowest BCUT2D eigenvalue weighted by Crippen LogP contribution is -2.26. The van der Waals surface area contributed by atoms with E-state index in [1.54, 1.807) is 36.6 Å². The summed E-state index contributed by atoms with van der Waals surface area (Å²) in [5, 5.41) is 1.95. The molecule has 0 saturated heterocycles. The van der Waals surface area contributed by atoms with Crippen LogP contribution in [0.3, 0.4) is 0 Å². The van der Waals surface area contributed by atoms with Gasteiger partial charge >= 0.3 is 5.97 Å². The third-order valence-corrected chi connectivity index (χ3v) is 5.04. The molecule has 0 aliphatic rings. The van der Waals surface area contributed by atoms with Crippen molar-refractivity contribution in [2.45, 2.75) is 33.5 Å². The Morgan fingerprint density at radius 1 is 1.17 bits per heavy atom. The van der Waals surface area contributed by atoms with Crippen LogP contribution in [0.25, 0.3) is 0 Å². The van der Waals surface area contributed by atoms with Crippen LogP contribution in [0.5, 0.6) is 5.75 Å². The number of hydrogen-bond donors (Lipinski definition) is 0. The van der Waals surface area contributed by atoms with Crippen molar-refractivity contribution in [3.05, 3.63) is 71.0 Å². The van der Waals surface area contributed by atoms with Crippen molar-refractivity contribution in [2.24, 2.45) is 0 Å². The number of hydrogen-bond acceptors (Lipinski definition) is 6. The number of amides is 1. The normalized spacial score (nSPS) is 11.6. The molecular weight excluding hydrogens is 407 g/mol. The molecule has 3 aromatic rings. The van der Waals surface area contributed by atoms with Gasteiger partial charge in [-0.25, -0.2) is 14.2 Å². The lowest BCUT2D eigenvalue weighted by Gasteiger charge is -2.18. The molecule has 1 aromatic heterocycles. The van der Waals surface area contributed by atoms with Gasteiger partial charge in [0.1, 0.15) is 18.2 Å². The van der Waals surface area contributed by atoms with Crippen LogP contribution in [0.15, 0.2) is 53.9 Å². The Labute approximate surface area is 177 Å². The Morgan fingerprint density at radius 3 is 2.53 bits per heavy atom. The molecule has 0 bridgehead atoms.